The van der Waals surface area contributed by atoms with Crippen LogP contribution < -0.4 is 5.90 Å². The molecule has 0 aromatic heterocycles. The highest BCUT2D eigenvalue weighted by Crippen LogP contribution is 2.35. The highest BCUT2D eigenvalue weighted by atomic mass is 32.2. The van der Waals surface area contributed by atoms with E-state index in [9.17, 15) is 0 Å². The van der Waals surface area contributed by atoms with Crippen LogP contribution in [-0.2, 0) is 4.84 Å². The molecular weight excluding hydrogens is 146 g/mol. The van der Waals surface area contributed by atoms with Gasteiger partial charge in [-0.2, -0.15) is 11.8 Å². The van der Waals surface area contributed by atoms with Gasteiger partial charge in [0.25, 0.3) is 0 Å². The molecule has 2 nitrogen and oxygen atoms in total. The molecule has 2 N–H and O–H groups in total. The Balaban J connectivity index is 2.45. The lowest BCUT2D eigenvalue weighted by molar-refractivity contribution is -0.0206. The third-order valence-electron chi connectivity index (χ3n) is 2.01. The molecule has 1 aliphatic rings. The Bertz CT molecular complexity index is 110. The Kier molecular flexibility index (Phi) is 2.61. The molecule has 1 rings (SSSR count). The van der Waals surface area contributed by atoms with Crippen molar-refractivity contribution in [3.05, 3.63) is 0 Å². The van der Waals surface area contributed by atoms with Crippen molar-refractivity contribution in [1.29, 1.82) is 0 Å². The van der Waals surface area contributed by atoms with Gasteiger partial charge in [0.1, 0.15) is 0 Å². The lowest BCUT2D eigenvalue weighted by Crippen LogP contribution is -2.37. The van der Waals surface area contributed by atoms with Crippen LogP contribution in [0.15, 0.2) is 0 Å². The summed E-state index contributed by atoms with van der Waals surface area (Å²) in [4.78, 5) is 4.90. The molecule has 1 fully saturated rings. The van der Waals surface area contributed by atoms with Gasteiger partial charge in [0.05, 0.1) is 5.60 Å². The Hall–Kier alpha value is 0.270. The molecule has 0 radical (unpaired) electrons. The molecule has 3 heteroatoms. The van der Waals surface area contributed by atoms with Gasteiger partial charge >= 0.3 is 0 Å². The van der Waals surface area contributed by atoms with Crippen LogP contribution in [-0.4, -0.2) is 16.6 Å². The van der Waals surface area contributed by atoms with Crippen molar-refractivity contribution in [2.24, 2.45) is 5.90 Å². The number of nitrogens with two attached hydrogens (primary N) is 1. The second kappa shape index (κ2) is 3.11. The SMILES string of the molecule is CC(C)(ON)C1CCCS1. The number of thioether (sulfide) groups is 1. The quantitative estimate of drug-likeness (QED) is 0.624. The van der Waals surface area contributed by atoms with Crippen LogP contribution in [0.1, 0.15) is 26.7 Å². The molecule has 0 aliphatic carbocycles. The van der Waals surface area contributed by atoms with Gasteiger partial charge in [-0.3, -0.25) is 4.84 Å². The Morgan fingerprint density at radius 3 is 2.70 bits per heavy atom. The molecule has 0 amide bonds. The van der Waals surface area contributed by atoms with E-state index in [2.05, 4.69) is 13.8 Å². The summed E-state index contributed by atoms with van der Waals surface area (Å²) in [6.07, 6.45) is 2.55. The van der Waals surface area contributed by atoms with Crippen molar-refractivity contribution in [2.45, 2.75) is 37.5 Å². The molecule has 1 unspecified atom stereocenters. The van der Waals surface area contributed by atoms with Crippen LogP contribution in [0.25, 0.3) is 0 Å². The van der Waals surface area contributed by atoms with Crippen LogP contribution in [0.2, 0.25) is 0 Å². The zero-order chi connectivity index (χ0) is 7.61. The summed E-state index contributed by atoms with van der Waals surface area (Å²) < 4.78 is 0. The van der Waals surface area contributed by atoms with Gasteiger partial charge in [-0.05, 0) is 32.4 Å². The Morgan fingerprint density at radius 1 is 1.60 bits per heavy atom. The molecule has 1 saturated heterocycles. The van der Waals surface area contributed by atoms with Crippen molar-refractivity contribution in [3.63, 3.8) is 0 Å². The van der Waals surface area contributed by atoms with E-state index >= 15 is 0 Å². The third kappa shape index (κ3) is 1.65. The van der Waals surface area contributed by atoms with Gasteiger partial charge in [0.2, 0.25) is 0 Å². The molecule has 0 aromatic carbocycles. The highest BCUT2D eigenvalue weighted by molar-refractivity contribution is 8.00. The lowest BCUT2D eigenvalue weighted by atomic mass is 10.0. The summed E-state index contributed by atoms with van der Waals surface area (Å²) in [5, 5.41) is 0.595. The van der Waals surface area contributed by atoms with Crippen LogP contribution in [0.4, 0.5) is 0 Å². The van der Waals surface area contributed by atoms with E-state index in [1.54, 1.807) is 0 Å². The first-order valence-electron chi connectivity index (χ1n) is 3.66. The van der Waals surface area contributed by atoms with E-state index in [0.717, 1.165) is 0 Å². The molecule has 10 heavy (non-hydrogen) atoms. The molecule has 1 aliphatic heterocycles. The van der Waals surface area contributed by atoms with Crippen LogP contribution >= 0.6 is 11.8 Å². The second-order valence-corrected chi connectivity index (χ2v) is 4.53. The third-order valence-corrected chi connectivity index (χ3v) is 3.74. The fraction of sp³-hybridized carbons (Fsp3) is 1.00. The normalized spacial score (nSPS) is 27.3. The summed E-state index contributed by atoms with van der Waals surface area (Å²) in [6.45, 7) is 4.10. The topological polar surface area (TPSA) is 35.2 Å². The largest absolute Gasteiger partial charge is 0.297 e. The second-order valence-electron chi connectivity index (χ2n) is 3.22. The van der Waals surface area contributed by atoms with Gasteiger partial charge in [-0.15, -0.1) is 0 Å². The number of hydrogen-bond acceptors (Lipinski definition) is 3. The van der Waals surface area contributed by atoms with E-state index in [0.29, 0.717) is 5.25 Å². The fourth-order valence-corrected chi connectivity index (χ4v) is 2.61. The van der Waals surface area contributed by atoms with Gasteiger partial charge in [-0.1, -0.05) is 0 Å². The van der Waals surface area contributed by atoms with Crippen molar-refractivity contribution >= 4 is 11.8 Å². The minimum absolute atomic E-state index is 0.138. The van der Waals surface area contributed by atoms with E-state index in [-0.39, 0.29) is 5.60 Å². The first-order valence-corrected chi connectivity index (χ1v) is 4.71. The number of rotatable bonds is 2. The molecule has 0 aromatic rings. The lowest BCUT2D eigenvalue weighted by Gasteiger charge is -2.27. The molecule has 60 valence electrons. The zero-order valence-electron chi connectivity index (χ0n) is 6.59. The van der Waals surface area contributed by atoms with Gasteiger partial charge in [0, 0.05) is 5.25 Å². The van der Waals surface area contributed by atoms with E-state index < -0.39 is 0 Å². The summed E-state index contributed by atoms with van der Waals surface area (Å²) >= 11 is 1.97. The van der Waals surface area contributed by atoms with Crippen molar-refractivity contribution in [1.82, 2.24) is 0 Å². The highest BCUT2D eigenvalue weighted by Gasteiger charge is 2.32. The first-order chi connectivity index (χ1) is 4.67. The standard InChI is InChI=1S/C7H15NOS/c1-7(2,9-8)6-4-3-5-10-6/h6H,3-5,8H2,1-2H3. The van der Waals surface area contributed by atoms with Crippen LogP contribution in [0.3, 0.4) is 0 Å². The first kappa shape index (κ1) is 8.37. The number of hydrogen-bond donors (Lipinski definition) is 1. The predicted octanol–water partition coefficient (Wildman–Crippen LogP) is 1.55. The van der Waals surface area contributed by atoms with Gasteiger partial charge in [-0.25, -0.2) is 5.90 Å². The maximum Gasteiger partial charge on any atom is 0.0955 e. The monoisotopic (exact) mass is 161 g/mol. The summed E-state index contributed by atoms with van der Waals surface area (Å²) in [5.74, 6) is 6.43. The zero-order valence-corrected chi connectivity index (χ0v) is 7.41. The fourth-order valence-electron chi connectivity index (χ4n) is 1.20. The average molecular weight is 161 g/mol. The van der Waals surface area contributed by atoms with Gasteiger partial charge < -0.3 is 0 Å². The average Bonchev–Trinajstić information content (AvgIpc) is 2.38. The van der Waals surface area contributed by atoms with Crippen molar-refractivity contribution < 1.29 is 4.84 Å². The Morgan fingerprint density at radius 2 is 2.30 bits per heavy atom. The van der Waals surface area contributed by atoms with E-state index in [4.69, 9.17) is 10.7 Å². The minimum atomic E-state index is -0.138. The molecular formula is C7H15NOS. The summed E-state index contributed by atoms with van der Waals surface area (Å²) in [6, 6.07) is 0. The van der Waals surface area contributed by atoms with Gasteiger partial charge in [0.15, 0.2) is 0 Å². The van der Waals surface area contributed by atoms with E-state index in [1.807, 2.05) is 11.8 Å². The van der Waals surface area contributed by atoms with E-state index in [1.165, 1.54) is 18.6 Å². The van der Waals surface area contributed by atoms with Crippen LogP contribution in [0.5, 0.6) is 0 Å². The molecule has 0 bridgehead atoms. The summed E-state index contributed by atoms with van der Waals surface area (Å²) in [7, 11) is 0. The molecule has 1 atom stereocenters. The van der Waals surface area contributed by atoms with Crippen molar-refractivity contribution in [3.8, 4) is 0 Å². The molecule has 0 saturated carbocycles. The maximum atomic E-state index is 5.17. The predicted molar refractivity (Wildman–Crippen MR) is 44.8 cm³/mol. The minimum Gasteiger partial charge on any atom is -0.297 e. The maximum absolute atomic E-state index is 5.17. The van der Waals surface area contributed by atoms with Crippen LogP contribution in [0, 0.1) is 0 Å². The summed E-state index contributed by atoms with van der Waals surface area (Å²) in [5.41, 5.74) is -0.138. The van der Waals surface area contributed by atoms with Crippen molar-refractivity contribution in [2.75, 3.05) is 5.75 Å². The molecule has 1 heterocycles. The molecule has 0 spiro atoms. The Labute approximate surface area is 66.5 Å². The smallest absolute Gasteiger partial charge is 0.0955 e.